The average Bonchev–Trinajstić information content (AvgIpc) is 1.89. The van der Waals surface area contributed by atoms with E-state index in [9.17, 15) is 4.79 Å². The van der Waals surface area contributed by atoms with Crippen LogP contribution in [0, 0.1) is 0 Å². The number of allylic oxidation sites excluding steroid dienone is 1. The van der Waals surface area contributed by atoms with Crippen LogP contribution in [-0.2, 0) is 4.79 Å². The Labute approximate surface area is 70.8 Å². The van der Waals surface area contributed by atoms with Gasteiger partial charge in [-0.3, -0.25) is 0 Å². The first-order valence-corrected chi connectivity index (χ1v) is 11.7. The van der Waals surface area contributed by atoms with Gasteiger partial charge in [-0.1, -0.05) is 0 Å². The van der Waals surface area contributed by atoms with Crippen molar-refractivity contribution in [2.75, 3.05) is 6.54 Å². The van der Waals surface area contributed by atoms with Crippen LogP contribution in [0.2, 0.25) is 9.36 Å². The summed E-state index contributed by atoms with van der Waals surface area (Å²) in [5, 5.41) is 0. The first kappa shape index (κ1) is 10.1. The Morgan fingerprint density at radius 2 is 2.10 bits per heavy atom. The monoisotopic (exact) mass is 243 g/mol. The molecule has 0 saturated carbocycles. The van der Waals surface area contributed by atoms with E-state index < -0.39 is 21.7 Å². The fourth-order valence-corrected chi connectivity index (χ4v) is 4.14. The number of carbonyl (C=O) groups is 1. The molecule has 10 heavy (non-hydrogen) atoms. The Balaban J connectivity index is 3.82. The molecule has 2 nitrogen and oxygen atoms in total. The first-order chi connectivity index (χ1) is 4.72. The molecule has 3 heteroatoms. The molecule has 0 unspecified atom stereocenters. The van der Waals surface area contributed by atoms with Crippen molar-refractivity contribution in [3.8, 4) is 0 Å². The zero-order valence-electron chi connectivity index (χ0n) is 6.87. The first-order valence-electron chi connectivity index (χ1n) is 3.60. The van der Waals surface area contributed by atoms with Crippen molar-refractivity contribution in [2.24, 2.45) is 0 Å². The van der Waals surface area contributed by atoms with Gasteiger partial charge in [-0.15, -0.1) is 0 Å². The molecule has 0 heterocycles. The van der Waals surface area contributed by atoms with Crippen LogP contribution in [0.3, 0.4) is 0 Å². The summed E-state index contributed by atoms with van der Waals surface area (Å²) in [7, 11) is 0. The summed E-state index contributed by atoms with van der Waals surface area (Å²) in [5.41, 5.74) is 0. The van der Waals surface area contributed by atoms with Crippen LogP contribution in [0.5, 0.6) is 0 Å². The summed E-state index contributed by atoms with van der Waals surface area (Å²) < 4.78 is 6.91. The number of hydrogen-bond acceptors (Lipinski definition) is 2. The molecule has 0 aliphatic heterocycles. The molecule has 0 aromatic rings. The molecule has 0 aliphatic carbocycles. The molecule has 0 rings (SSSR count). The molecular weight excluding hydrogens is 229 g/mol. The molecule has 0 radical (unpaired) electrons. The van der Waals surface area contributed by atoms with Crippen LogP contribution in [-0.4, -0.2) is 37.4 Å². The van der Waals surface area contributed by atoms with Gasteiger partial charge in [0.1, 0.15) is 0 Å². The third-order valence-corrected chi connectivity index (χ3v) is 6.70. The SMILES string of the molecule is CC[N](/C=C\C=O)[In]([CH3])[CH3]. The molecule has 0 aromatic heterocycles. The van der Waals surface area contributed by atoms with Gasteiger partial charge in [-0.25, -0.2) is 0 Å². The molecule has 0 fully saturated rings. The van der Waals surface area contributed by atoms with E-state index in [-0.39, 0.29) is 0 Å². The zero-order valence-corrected chi connectivity index (χ0v) is 10.2. The number of rotatable bonds is 4. The van der Waals surface area contributed by atoms with Crippen LogP contribution < -0.4 is 0 Å². The molecule has 0 N–H and O–H groups in total. The predicted octanol–water partition coefficient (Wildman–Crippen LogP) is 1.27. The van der Waals surface area contributed by atoms with Gasteiger partial charge in [0.15, 0.2) is 0 Å². The Hall–Kier alpha value is 0.0801. The fourth-order valence-electron chi connectivity index (χ4n) is 0.788. The van der Waals surface area contributed by atoms with Gasteiger partial charge in [0.25, 0.3) is 0 Å². The van der Waals surface area contributed by atoms with Crippen LogP contribution >= 0.6 is 0 Å². The molecule has 0 atom stereocenters. The minimum atomic E-state index is -1.35. The van der Waals surface area contributed by atoms with Crippen LogP contribution in [0.25, 0.3) is 0 Å². The molecule has 0 bridgehead atoms. The van der Waals surface area contributed by atoms with E-state index in [4.69, 9.17) is 0 Å². The van der Waals surface area contributed by atoms with Crippen molar-refractivity contribution >= 4 is 28.0 Å². The van der Waals surface area contributed by atoms with E-state index in [1.165, 1.54) is 0 Å². The molecule has 0 spiro atoms. The second-order valence-electron chi connectivity index (χ2n) is 2.40. The quantitative estimate of drug-likeness (QED) is 0.547. The van der Waals surface area contributed by atoms with Gasteiger partial charge in [0.05, 0.1) is 0 Å². The summed E-state index contributed by atoms with van der Waals surface area (Å²) in [6, 6.07) is 0. The van der Waals surface area contributed by atoms with Gasteiger partial charge >= 0.3 is 70.8 Å². The number of carbonyl (C=O) groups excluding carboxylic acids is 1. The molecule has 56 valence electrons. The van der Waals surface area contributed by atoms with E-state index in [0.717, 1.165) is 12.8 Å². The van der Waals surface area contributed by atoms with Crippen molar-refractivity contribution in [3.05, 3.63) is 12.3 Å². The van der Waals surface area contributed by atoms with Crippen LogP contribution in [0.1, 0.15) is 6.92 Å². The van der Waals surface area contributed by atoms with E-state index in [1.807, 2.05) is 6.20 Å². The maximum atomic E-state index is 9.96. The summed E-state index contributed by atoms with van der Waals surface area (Å²) in [6.07, 6.45) is 4.31. The van der Waals surface area contributed by atoms with Gasteiger partial charge < -0.3 is 0 Å². The number of hydrogen-bond donors (Lipinski definition) is 0. The van der Waals surface area contributed by atoms with Crippen LogP contribution in [0.4, 0.5) is 0 Å². The topological polar surface area (TPSA) is 20.3 Å². The van der Waals surface area contributed by atoms with E-state index in [1.54, 1.807) is 6.08 Å². The summed E-state index contributed by atoms with van der Waals surface area (Å²) in [5.74, 6) is 0. The third-order valence-electron chi connectivity index (χ3n) is 1.38. The minimum absolute atomic E-state index is 0.830. The second-order valence-corrected chi connectivity index (χ2v) is 10.5. The normalized spacial score (nSPS) is 9.90. The molecule has 0 saturated heterocycles. The van der Waals surface area contributed by atoms with Crippen molar-refractivity contribution in [1.29, 1.82) is 0 Å². The van der Waals surface area contributed by atoms with Gasteiger partial charge in [-0.2, -0.15) is 0 Å². The standard InChI is InChI=1S/C5H9NO.2CH3.In/c1-2-6-4-3-5-7;;;/h3-5H,2H2,1H3,(H,6,7);2*1H3;/q;;;+1/p-1. The molecule has 0 aromatic carbocycles. The van der Waals surface area contributed by atoms with Crippen LogP contribution in [0.15, 0.2) is 12.3 Å². The Bertz CT molecular complexity index is 123. The summed E-state index contributed by atoms with van der Waals surface area (Å²) in [4.78, 5) is 9.96. The van der Waals surface area contributed by atoms with E-state index in [0.29, 0.717) is 0 Å². The van der Waals surface area contributed by atoms with E-state index >= 15 is 0 Å². The summed E-state index contributed by atoms with van der Waals surface area (Å²) >= 11 is -1.35. The van der Waals surface area contributed by atoms with E-state index in [2.05, 4.69) is 19.2 Å². The Kier molecular flexibility index (Phi) is 5.88. The van der Waals surface area contributed by atoms with Gasteiger partial charge in [0.2, 0.25) is 0 Å². The summed E-state index contributed by atoms with van der Waals surface area (Å²) in [6.45, 7) is 3.16. The third kappa shape index (κ3) is 3.99. The average molecular weight is 243 g/mol. The molecular formula is C7H14InNO. The van der Waals surface area contributed by atoms with Crippen molar-refractivity contribution < 1.29 is 4.79 Å². The maximum absolute atomic E-state index is 9.96. The fraction of sp³-hybridized carbons (Fsp3) is 0.571. The van der Waals surface area contributed by atoms with Crippen molar-refractivity contribution in [1.82, 2.24) is 2.89 Å². The Morgan fingerprint density at radius 1 is 1.50 bits per heavy atom. The molecule has 0 amide bonds. The zero-order chi connectivity index (χ0) is 7.98. The van der Waals surface area contributed by atoms with Gasteiger partial charge in [-0.05, 0) is 0 Å². The molecule has 0 aliphatic rings. The Morgan fingerprint density at radius 3 is 2.40 bits per heavy atom. The van der Waals surface area contributed by atoms with Gasteiger partial charge in [0, 0.05) is 0 Å². The van der Waals surface area contributed by atoms with Crippen molar-refractivity contribution in [2.45, 2.75) is 16.3 Å². The predicted molar refractivity (Wildman–Crippen MR) is 45.1 cm³/mol. The number of nitrogens with zero attached hydrogens (tertiary/aromatic N) is 1. The second kappa shape index (κ2) is 5.83. The van der Waals surface area contributed by atoms with Crippen molar-refractivity contribution in [3.63, 3.8) is 0 Å². The number of aldehydes is 1.